The van der Waals surface area contributed by atoms with Crippen LogP contribution in [0.15, 0.2) is 18.2 Å². The quantitative estimate of drug-likeness (QED) is 0.376. The number of nitriles is 1. The molecule has 9 nitrogen and oxygen atoms in total. The van der Waals surface area contributed by atoms with Gasteiger partial charge in [-0.3, -0.25) is 20.3 Å². The zero-order valence-corrected chi connectivity index (χ0v) is 14.2. The number of nitrogens with two attached hydrogens (primary N) is 1. The number of hydrogen-bond donors (Lipinski definition) is 3. The number of anilines is 1. The number of nitro benzene ring substituents is 1. The lowest BCUT2D eigenvalue weighted by Crippen LogP contribution is -2.38. The summed E-state index contributed by atoms with van der Waals surface area (Å²) < 4.78 is 0. The third-order valence-electron chi connectivity index (χ3n) is 4.40. The van der Waals surface area contributed by atoms with Gasteiger partial charge in [0.2, 0.25) is 0 Å². The summed E-state index contributed by atoms with van der Waals surface area (Å²) in [7, 11) is 1.77. The molecule has 0 amide bonds. The van der Waals surface area contributed by atoms with Crippen molar-refractivity contribution in [3.8, 4) is 6.07 Å². The van der Waals surface area contributed by atoms with E-state index in [1.807, 2.05) is 0 Å². The van der Waals surface area contributed by atoms with Crippen LogP contribution in [0.2, 0.25) is 0 Å². The summed E-state index contributed by atoms with van der Waals surface area (Å²) in [6.07, 6.45) is 1.04. The third kappa shape index (κ3) is 4.30. The van der Waals surface area contributed by atoms with E-state index in [9.17, 15) is 14.9 Å². The lowest BCUT2D eigenvalue weighted by atomic mass is 9.97. The minimum Gasteiger partial charge on any atom is -0.369 e. The molecule has 0 bridgehead atoms. The van der Waals surface area contributed by atoms with Gasteiger partial charge in [-0.1, -0.05) is 0 Å². The van der Waals surface area contributed by atoms with E-state index in [4.69, 9.17) is 11.0 Å². The molecule has 9 heteroatoms. The van der Waals surface area contributed by atoms with E-state index in [1.54, 1.807) is 24.1 Å². The van der Waals surface area contributed by atoms with Gasteiger partial charge in [-0.15, -0.1) is 0 Å². The Hall–Kier alpha value is -2.54. The Kier molecular flexibility index (Phi) is 6.03. The number of nitrogens with zero attached hydrogens (tertiary/aromatic N) is 3. The maximum atomic E-state index is 11.4. The van der Waals surface area contributed by atoms with Gasteiger partial charge in [-0.2, -0.15) is 5.26 Å². The summed E-state index contributed by atoms with van der Waals surface area (Å²) in [6, 6.07) is 6.63. The third-order valence-corrected chi connectivity index (χ3v) is 4.40. The van der Waals surface area contributed by atoms with Gasteiger partial charge < -0.3 is 10.6 Å². The first kappa shape index (κ1) is 18.8. The van der Waals surface area contributed by atoms with Crippen molar-refractivity contribution in [2.45, 2.75) is 32.0 Å². The molecule has 1 heterocycles. The number of nitrogens with one attached hydrogen (secondary N) is 2. The van der Waals surface area contributed by atoms with Gasteiger partial charge in [0.05, 0.1) is 23.1 Å². The average Bonchev–Trinajstić information content (AvgIpc) is 2.93. The minimum absolute atomic E-state index is 0.0523. The van der Waals surface area contributed by atoms with Crippen molar-refractivity contribution in [3.63, 3.8) is 0 Å². The highest BCUT2D eigenvalue weighted by molar-refractivity contribution is 5.95. The van der Waals surface area contributed by atoms with E-state index in [-0.39, 0.29) is 23.4 Å². The fraction of sp³-hybridized carbons (Fsp3) is 0.500. The van der Waals surface area contributed by atoms with Crippen LogP contribution in [0.3, 0.4) is 0 Å². The lowest BCUT2D eigenvalue weighted by Gasteiger charge is -2.21. The van der Waals surface area contributed by atoms with Crippen LogP contribution >= 0.6 is 0 Å². The summed E-state index contributed by atoms with van der Waals surface area (Å²) >= 11 is 0. The van der Waals surface area contributed by atoms with Gasteiger partial charge in [-0.05, 0) is 31.9 Å². The highest BCUT2D eigenvalue weighted by Crippen LogP contribution is 2.29. The summed E-state index contributed by atoms with van der Waals surface area (Å²) in [5.74, 6) is -0.523. The standard InChI is InChI=1S/C16H22N6O3/c1-10(23)11-5-6-14(15(8-11)22(24)25)21(2)7-3-4-13-12(9-17)16(18)20-19-13/h5-6,8,12-13,16,19-20H,3-4,7,18H2,1-2H3. The van der Waals surface area contributed by atoms with Crippen molar-refractivity contribution in [1.29, 1.82) is 5.26 Å². The highest BCUT2D eigenvalue weighted by atomic mass is 16.6. The molecule has 0 aliphatic carbocycles. The topological polar surface area (TPSA) is 137 Å². The van der Waals surface area contributed by atoms with Crippen LogP contribution in [0.25, 0.3) is 0 Å². The molecular formula is C16H22N6O3. The van der Waals surface area contributed by atoms with Gasteiger partial charge in [0, 0.05) is 31.3 Å². The maximum Gasteiger partial charge on any atom is 0.293 e. The van der Waals surface area contributed by atoms with Gasteiger partial charge >= 0.3 is 0 Å². The molecule has 0 aromatic heterocycles. The second kappa shape index (κ2) is 8.02. The van der Waals surface area contributed by atoms with E-state index < -0.39 is 11.1 Å². The van der Waals surface area contributed by atoms with Gasteiger partial charge in [0.1, 0.15) is 5.69 Å². The number of Topliss-reactive ketones (excluding diaryl/α,β-unsaturated/α-hetero) is 1. The molecule has 1 fully saturated rings. The molecule has 25 heavy (non-hydrogen) atoms. The zero-order chi connectivity index (χ0) is 18.6. The molecule has 1 aliphatic rings. The molecule has 1 aromatic rings. The molecule has 0 saturated carbocycles. The number of hydrogen-bond acceptors (Lipinski definition) is 8. The number of ketones is 1. The van der Waals surface area contributed by atoms with Gasteiger partial charge in [0.15, 0.2) is 5.78 Å². The SMILES string of the molecule is CC(=O)c1ccc(N(C)CCCC2NNC(N)C2C#N)c([N+](=O)[O-])c1. The smallest absolute Gasteiger partial charge is 0.293 e. The lowest BCUT2D eigenvalue weighted by molar-refractivity contribution is -0.384. The number of nitro groups is 1. The highest BCUT2D eigenvalue weighted by Gasteiger charge is 2.33. The molecule has 1 saturated heterocycles. The first-order chi connectivity index (χ1) is 11.8. The first-order valence-corrected chi connectivity index (χ1v) is 8.02. The predicted molar refractivity (Wildman–Crippen MR) is 92.7 cm³/mol. The normalized spacial score (nSPS) is 22.4. The Morgan fingerprint density at radius 1 is 1.48 bits per heavy atom. The molecule has 1 aliphatic heterocycles. The van der Waals surface area contributed by atoms with Gasteiger partial charge in [0.25, 0.3) is 5.69 Å². The summed E-state index contributed by atoms with van der Waals surface area (Å²) in [5.41, 5.74) is 12.3. The summed E-state index contributed by atoms with van der Waals surface area (Å²) in [6.45, 7) is 1.95. The van der Waals surface area contributed by atoms with Crippen molar-refractivity contribution < 1.29 is 9.72 Å². The first-order valence-electron chi connectivity index (χ1n) is 8.02. The molecule has 0 radical (unpaired) electrons. The second-order valence-electron chi connectivity index (χ2n) is 6.16. The van der Waals surface area contributed by atoms with Crippen LogP contribution < -0.4 is 21.5 Å². The molecule has 4 N–H and O–H groups in total. The van der Waals surface area contributed by atoms with Gasteiger partial charge in [-0.25, -0.2) is 5.43 Å². The van der Waals surface area contributed by atoms with E-state index >= 15 is 0 Å². The number of rotatable bonds is 7. The second-order valence-corrected chi connectivity index (χ2v) is 6.16. The van der Waals surface area contributed by atoms with Crippen molar-refractivity contribution in [1.82, 2.24) is 10.9 Å². The van der Waals surface area contributed by atoms with Crippen LogP contribution in [0.4, 0.5) is 11.4 Å². The predicted octanol–water partition coefficient (Wildman–Crippen LogP) is 0.915. The fourth-order valence-electron chi connectivity index (χ4n) is 2.94. The molecule has 3 atom stereocenters. The fourth-order valence-corrected chi connectivity index (χ4v) is 2.94. The molecular weight excluding hydrogens is 324 g/mol. The number of carbonyl (C=O) groups excluding carboxylic acids is 1. The van der Waals surface area contributed by atoms with Crippen molar-refractivity contribution in [2.24, 2.45) is 11.7 Å². The molecule has 3 unspecified atom stereocenters. The van der Waals surface area contributed by atoms with Crippen LogP contribution in [0.5, 0.6) is 0 Å². The zero-order valence-electron chi connectivity index (χ0n) is 14.2. The minimum atomic E-state index is -0.481. The van der Waals surface area contributed by atoms with Crippen molar-refractivity contribution in [3.05, 3.63) is 33.9 Å². The van der Waals surface area contributed by atoms with Crippen LogP contribution in [0, 0.1) is 27.4 Å². The monoisotopic (exact) mass is 346 g/mol. The summed E-state index contributed by atoms with van der Waals surface area (Å²) in [4.78, 5) is 24.0. The number of hydrazine groups is 1. The van der Waals surface area contributed by atoms with Crippen LogP contribution in [0.1, 0.15) is 30.1 Å². The van der Waals surface area contributed by atoms with E-state index in [2.05, 4.69) is 16.9 Å². The Morgan fingerprint density at radius 2 is 2.20 bits per heavy atom. The molecule has 1 aromatic carbocycles. The Balaban J connectivity index is 2.01. The Bertz CT molecular complexity index is 702. The average molecular weight is 346 g/mol. The van der Waals surface area contributed by atoms with E-state index in [0.29, 0.717) is 24.2 Å². The number of carbonyl (C=O) groups is 1. The number of benzene rings is 1. The van der Waals surface area contributed by atoms with Crippen LogP contribution in [-0.2, 0) is 0 Å². The van der Waals surface area contributed by atoms with Crippen molar-refractivity contribution in [2.75, 3.05) is 18.5 Å². The maximum absolute atomic E-state index is 11.4. The molecule has 0 spiro atoms. The molecule has 2 rings (SSSR count). The van der Waals surface area contributed by atoms with Crippen molar-refractivity contribution >= 4 is 17.2 Å². The van der Waals surface area contributed by atoms with E-state index in [0.717, 1.165) is 6.42 Å². The Morgan fingerprint density at radius 3 is 2.80 bits per heavy atom. The van der Waals surface area contributed by atoms with E-state index in [1.165, 1.54) is 13.0 Å². The molecule has 134 valence electrons. The largest absolute Gasteiger partial charge is 0.369 e. The Labute approximate surface area is 145 Å². The summed E-state index contributed by atoms with van der Waals surface area (Å²) in [5, 5.41) is 20.4. The van der Waals surface area contributed by atoms with Crippen LogP contribution in [-0.4, -0.2) is 36.5 Å².